The number of nitrogens with one attached hydrogen (secondary N) is 1. The molecule has 0 fully saturated rings. The van der Waals surface area contributed by atoms with Gasteiger partial charge in [-0.3, -0.25) is 16.0 Å². The molecule has 0 saturated heterocycles. The van der Waals surface area contributed by atoms with Gasteiger partial charge in [0, 0.05) is 7.05 Å². The Hall–Kier alpha value is -1.14. The lowest BCUT2D eigenvalue weighted by Crippen LogP contribution is -2.31. The molecular formula is C11H13Cl2N5. The molecule has 1 aromatic heterocycles. The molecule has 2 rings (SSSR count). The van der Waals surface area contributed by atoms with E-state index in [0.29, 0.717) is 16.5 Å². The summed E-state index contributed by atoms with van der Waals surface area (Å²) in [4.78, 5) is 0. The molecule has 0 aliphatic carbocycles. The van der Waals surface area contributed by atoms with Crippen molar-refractivity contribution in [2.45, 2.75) is 12.5 Å². The second-order valence-electron chi connectivity index (χ2n) is 3.95. The molecule has 7 heteroatoms. The molecule has 1 atom stereocenters. The SMILES string of the molecule is Cn1nncc1C(Cc1ccc(Cl)c(Cl)c1)NN. The van der Waals surface area contributed by atoms with Crippen LogP contribution < -0.4 is 11.3 Å². The number of hydrazine groups is 1. The van der Waals surface area contributed by atoms with Gasteiger partial charge in [0.25, 0.3) is 0 Å². The van der Waals surface area contributed by atoms with Crippen molar-refractivity contribution in [2.24, 2.45) is 12.9 Å². The van der Waals surface area contributed by atoms with Crippen molar-refractivity contribution in [1.82, 2.24) is 20.4 Å². The Morgan fingerprint density at radius 2 is 2.17 bits per heavy atom. The lowest BCUT2D eigenvalue weighted by molar-refractivity contribution is 0.507. The highest BCUT2D eigenvalue weighted by molar-refractivity contribution is 6.42. The predicted molar refractivity (Wildman–Crippen MR) is 71.2 cm³/mol. The van der Waals surface area contributed by atoms with Gasteiger partial charge in [0.05, 0.1) is 28.0 Å². The third-order valence-electron chi connectivity index (χ3n) is 2.73. The van der Waals surface area contributed by atoms with E-state index in [9.17, 15) is 0 Å². The van der Waals surface area contributed by atoms with Crippen molar-refractivity contribution < 1.29 is 0 Å². The molecule has 1 aromatic carbocycles. The Labute approximate surface area is 115 Å². The van der Waals surface area contributed by atoms with E-state index >= 15 is 0 Å². The van der Waals surface area contributed by atoms with Crippen LogP contribution in [0, 0.1) is 0 Å². The van der Waals surface area contributed by atoms with E-state index in [1.54, 1.807) is 16.9 Å². The average molecular weight is 286 g/mol. The number of benzene rings is 1. The highest BCUT2D eigenvalue weighted by atomic mass is 35.5. The minimum atomic E-state index is -0.0813. The van der Waals surface area contributed by atoms with Gasteiger partial charge in [-0.2, -0.15) is 0 Å². The van der Waals surface area contributed by atoms with Gasteiger partial charge in [-0.15, -0.1) is 5.10 Å². The van der Waals surface area contributed by atoms with Gasteiger partial charge in [0.1, 0.15) is 0 Å². The molecule has 1 heterocycles. The van der Waals surface area contributed by atoms with Crippen molar-refractivity contribution in [1.29, 1.82) is 0 Å². The molecule has 96 valence electrons. The molecule has 0 radical (unpaired) electrons. The molecule has 0 bridgehead atoms. The minimum Gasteiger partial charge on any atom is -0.271 e. The molecule has 0 aliphatic rings. The number of aryl methyl sites for hydroxylation is 1. The van der Waals surface area contributed by atoms with Crippen molar-refractivity contribution >= 4 is 23.2 Å². The summed E-state index contributed by atoms with van der Waals surface area (Å²) < 4.78 is 1.68. The number of nitrogens with two attached hydrogens (primary N) is 1. The number of hydrogen-bond acceptors (Lipinski definition) is 4. The van der Waals surface area contributed by atoms with E-state index in [0.717, 1.165) is 11.3 Å². The summed E-state index contributed by atoms with van der Waals surface area (Å²) in [6, 6.07) is 5.44. The van der Waals surface area contributed by atoms with E-state index in [1.807, 2.05) is 19.2 Å². The lowest BCUT2D eigenvalue weighted by atomic mass is 10.0. The third kappa shape index (κ3) is 2.81. The summed E-state index contributed by atoms with van der Waals surface area (Å²) in [5.74, 6) is 5.57. The second-order valence-corrected chi connectivity index (χ2v) is 4.77. The van der Waals surface area contributed by atoms with Crippen molar-refractivity contribution in [2.75, 3.05) is 0 Å². The fourth-order valence-electron chi connectivity index (χ4n) is 1.76. The maximum Gasteiger partial charge on any atom is 0.0770 e. The molecule has 2 aromatic rings. The maximum absolute atomic E-state index is 5.98. The Balaban J connectivity index is 2.20. The number of nitrogens with zero attached hydrogens (tertiary/aromatic N) is 3. The van der Waals surface area contributed by atoms with Crippen molar-refractivity contribution in [3.63, 3.8) is 0 Å². The number of halogens is 2. The van der Waals surface area contributed by atoms with Crippen molar-refractivity contribution in [3.05, 3.63) is 45.7 Å². The highest BCUT2D eigenvalue weighted by Crippen LogP contribution is 2.25. The normalized spacial score (nSPS) is 12.7. The van der Waals surface area contributed by atoms with Crippen LogP contribution in [-0.4, -0.2) is 15.0 Å². The van der Waals surface area contributed by atoms with Crippen LogP contribution in [-0.2, 0) is 13.5 Å². The first-order chi connectivity index (χ1) is 8.61. The van der Waals surface area contributed by atoms with Gasteiger partial charge < -0.3 is 0 Å². The van der Waals surface area contributed by atoms with Crippen LogP contribution in [0.15, 0.2) is 24.4 Å². The van der Waals surface area contributed by atoms with Gasteiger partial charge in [-0.1, -0.05) is 34.5 Å². The molecule has 1 unspecified atom stereocenters. The molecule has 5 nitrogen and oxygen atoms in total. The zero-order valence-corrected chi connectivity index (χ0v) is 11.3. The molecule has 0 spiro atoms. The Kier molecular flexibility index (Phi) is 4.19. The number of rotatable bonds is 4. The van der Waals surface area contributed by atoms with Crippen LogP contribution in [0.25, 0.3) is 0 Å². The first-order valence-corrected chi connectivity index (χ1v) is 6.12. The third-order valence-corrected chi connectivity index (χ3v) is 3.47. The van der Waals surface area contributed by atoms with E-state index in [-0.39, 0.29) is 6.04 Å². The first-order valence-electron chi connectivity index (χ1n) is 5.36. The second kappa shape index (κ2) is 5.67. The average Bonchev–Trinajstić information content (AvgIpc) is 2.77. The predicted octanol–water partition coefficient (Wildman–Crippen LogP) is 1.87. The van der Waals surface area contributed by atoms with Gasteiger partial charge in [-0.05, 0) is 24.1 Å². The fourth-order valence-corrected chi connectivity index (χ4v) is 2.09. The molecule has 18 heavy (non-hydrogen) atoms. The largest absolute Gasteiger partial charge is 0.271 e. The summed E-state index contributed by atoms with van der Waals surface area (Å²) in [6.45, 7) is 0. The van der Waals surface area contributed by atoms with Crippen LogP contribution in [0.3, 0.4) is 0 Å². The van der Waals surface area contributed by atoms with Crippen LogP contribution in [0.1, 0.15) is 17.3 Å². The molecule has 0 saturated carbocycles. The topological polar surface area (TPSA) is 68.8 Å². The van der Waals surface area contributed by atoms with Crippen molar-refractivity contribution in [3.8, 4) is 0 Å². The quantitative estimate of drug-likeness (QED) is 0.665. The van der Waals surface area contributed by atoms with Crippen LogP contribution in [0.5, 0.6) is 0 Å². The summed E-state index contributed by atoms with van der Waals surface area (Å²) >= 11 is 11.9. The molecular weight excluding hydrogens is 273 g/mol. The van der Waals surface area contributed by atoms with Gasteiger partial charge in [0.2, 0.25) is 0 Å². The summed E-state index contributed by atoms with van der Waals surface area (Å²) in [6.07, 6.45) is 2.36. The lowest BCUT2D eigenvalue weighted by Gasteiger charge is -2.15. The van der Waals surface area contributed by atoms with Gasteiger partial charge in [0.15, 0.2) is 0 Å². The summed E-state index contributed by atoms with van der Waals surface area (Å²) in [5, 5.41) is 8.79. The molecule has 0 amide bonds. The number of hydrogen-bond donors (Lipinski definition) is 2. The van der Waals surface area contributed by atoms with Gasteiger partial charge >= 0.3 is 0 Å². The minimum absolute atomic E-state index is 0.0813. The van der Waals surface area contributed by atoms with E-state index in [2.05, 4.69) is 15.7 Å². The monoisotopic (exact) mass is 285 g/mol. The molecule has 3 N–H and O–H groups in total. The molecule has 0 aliphatic heterocycles. The Bertz CT molecular complexity index is 540. The Morgan fingerprint density at radius 1 is 1.39 bits per heavy atom. The summed E-state index contributed by atoms with van der Waals surface area (Å²) in [7, 11) is 1.82. The smallest absolute Gasteiger partial charge is 0.0770 e. The highest BCUT2D eigenvalue weighted by Gasteiger charge is 2.15. The van der Waals surface area contributed by atoms with E-state index in [4.69, 9.17) is 29.0 Å². The maximum atomic E-state index is 5.98. The van der Waals surface area contributed by atoms with Crippen LogP contribution in [0.4, 0.5) is 0 Å². The summed E-state index contributed by atoms with van der Waals surface area (Å²) in [5.41, 5.74) is 4.69. The standard InChI is InChI=1S/C11H13Cl2N5/c1-18-11(6-15-17-18)10(16-14)5-7-2-3-8(12)9(13)4-7/h2-4,6,10,16H,5,14H2,1H3. The Morgan fingerprint density at radius 3 is 2.72 bits per heavy atom. The zero-order valence-electron chi connectivity index (χ0n) is 9.77. The van der Waals surface area contributed by atoms with Crippen LogP contribution in [0.2, 0.25) is 10.0 Å². The fraction of sp³-hybridized carbons (Fsp3) is 0.273. The zero-order chi connectivity index (χ0) is 13.1. The van der Waals surface area contributed by atoms with E-state index < -0.39 is 0 Å². The van der Waals surface area contributed by atoms with Gasteiger partial charge in [-0.25, -0.2) is 0 Å². The number of aromatic nitrogens is 3. The van der Waals surface area contributed by atoms with E-state index in [1.165, 1.54) is 0 Å². The first kappa shape index (κ1) is 13.3. The van der Waals surface area contributed by atoms with Crippen LogP contribution >= 0.6 is 23.2 Å².